The van der Waals surface area contributed by atoms with Crippen LogP contribution in [0.2, 0.25) is 0 Å². The topological polar surface area (TPSA) is 78.7 Å². The fourth-order valence-corrected chi connectivity index (χ4v) is 4.59. The molecule has 3 rings (SSSR count). The van der Waals surface area contributed by atoms with Gasteiger partial charge in [-0.25, -0.2) is 0 Å². The van der Waals surface area contributed by atoms with Crippen LogP contribution in [0.25, 0.3) is 0 Å². The van der Waals surface area contributed by atoms with Crippen molar-refractivity contribution in [2.45, 2.75) is 70.9 Å². The molecular weight excluding hydrogens is 505 g/mol. The number of guanidine groups is 1. The summed E-state index contributed by atoms with van der Waals surface area (Å²) in [6.07, 6.45) is 8.64. The molecule has 1 aliphatic heterocycles. The van der Waals surface area contributed by atoms with Gasteiger partial charge in [-0.15, -0.1) is 24.0 Å². The molecule has 31 heavy (non-hydrogen) atoms. The predicted molar refractivity (Wildman–Crippen MR) is 136 cm³/mol. The lowest BCUT2D eigenvalue weighted by Crippen LogP contribution is -2.45. The van der Waals surface area contributed by atoms with Crippen molar-refractivity contribution >= 4 is 35.8 Å². The summed E-state index contributed by atoms with van der Waals surface area (Å²) in [7, 11) is 1.78. The number of carbonyl (C=O) groups is 1. The highest BCUT2D eigenvalue weighted by molar-refractivity contribution is 14.0. The number of aryl methyl sites for hydroxylation is 1. The Bertz CT molecular complexity index is 788. The van der Waals surface area contributed by atoms with Gasteiger partial charge in [0, 0.05) is 56.9 Å². The van der Waals surface area contributed by atoms with Gasteiger partial charge in [0.15, 0.2) is 5.96 Å². The van der Waals surface area contributed by atoms with E-state index in [0.717, 1.165) is 69.9 Å². The molecule has 8 heteroatoms. The number of rotatable bonds is 7. The number of halogens is 1. The van der Waals surface area contributed by atoms with E-state index in [-0.39, 0.29) is 41.5 Å². The monoisotopic (exact) mass is 543 g/mol. The Morgan fingerprint density at radius 3 is 2.65 bits per heavy atom. The molecule has 1 unspecified atom stereocenters. The lowest BCUT2D eigenvalue weighted by molar-refractivity contribution is -0.135. The molecule has 2 fully saturated rings. The highest BCUT2D eigenvalue weighted by Gasteiger charge is 2.31. The van der Waals surface area contributed by atoms with Crippen LogP contribution in [0.15, 0.2) is 28.0 Å². The van der Waals surface area contributed by atoms with Crippen LogP contribution in [-0.2, 0) is 11.3 Å². The van der Waals surface area contributed by atoms with Crippen LogP contribution in [0.4, 0.5) is 0 Å². The van der Waals surface area contributed by atoms with Gasteiger partial charge in [-0.2, -0.15) is 0 Å². The van der Waals surface area contributed by atoms with Crippen molar-refractivity contribution in [1.29, 1.82) is 0 Å². The zero-order valence-corrected chi connectivity index (χ0v) is 21.3. The number of likely N-dealkylation sites (tertiary alicyclic amines) is 1. The lowest BCUT2D eigenvalue weighted by Gasteiger charge is -2.26. The van der Waals surface area contributed by atoms with Gasteiger partial charge >= 0.3 is 0 Å². The number of aliphatic imine (C=N–C) groups is 1. The second-order valence-electron chi connectivity index (χ2n) is 8.61. The highest BCUT2D eigenvalue weighted by Crippen LogP contribution is 2.26. The van der Waals surface area contributed by atoms with E-state index in [1.54, 1.807) is 19.2 Å². The van der Waals surface area contributed by atoms with Gasteiger partial charge in [-0.05, 0) is 45.1 Å². The first kappa shape index (κ1) is 25.7. The Balaban J connectivity index is 0.00000341. The molecule has 1 aromatic rings. The van der Waals surface area contributed by atoms with Crippen LogP contribution in [0.5, 0.6) is 0 Å². The summed E-state index contributed by atoms with van der Waals surface area (Å²) >= 11 is 0. The summed E-state index contributed by atoms with van der Waals surface area (Å²) in [6.45, 7) is 5.12. The maximum Gasteiger partial charge on any atom is 0.250 e. The Morgan fingerprint density at radius 2 is 1.94 bits per heavy atom. The van der Waals surface area contributed by atoms with Gasteiger partial charge < -0.3 is 20.1 Å². The Hall–Kier alpha value is -1.58. The molecule has 1 aliphatic carbocycles. The fourth-order valence-electron chi connectivity index (χ4n) is 4.59. The second-order valence-corrected chi connectivity index (χ2v) is 8.61. The van der Waals surface area contributed by atoms with Crippen LogP contribution in [-0.4, -0.2) is 54.1 Å². The SMILES string of the molecule is CN=C(NCCCCn1c(C)cccc1=O)NC1CCN(C(=O)C2CCCCC2)C1.I. The van der Waals surface area contributed by atoms with E-state index in [2.05, 4.69) is 15.6 Å². The van der Waals surface area contributed by atoms with E-state index in [0.29, 0.717) is 5.91 Å². The van der Waals surface area contributed by atoms with E-state index in [4.69, 9.17) is 0 Å². The Kier molecular flexibility index (Phi) is 10.8. The summed E-state index contributed by atoms with van der Waals surface area (Å²) in [5.41, 5.74) is 1.07. The van der Waals surface area contributed by atoms with E-state index in [1.165, 1.54) is 19.3 Å². The molecular formula is C23H38IN5O2. The van der Waals surface area contributed by atoms with Gasteiger partial charge in [0.05, 0.1) is 0 Å². The number of hydrogen-bond donors (Lipinski definition) is 2. The zero-order chi connectivity index (χ0) is 21.3. The first-order valence-electron chi connectivity index (χ1n) is 11.5. The molecule has 1 atom stereocenters. The number of pyridine rings is 1. The van der Waals surface area contributed by atoms with E-state index in [1.807, 2.05) is 22.5 Å². The molecule has 2 heterocycles. The third-order valence-electron chi connectivity index (χ3n) is 6.39. The molecule has 2 N–H and O–H groups in total. The Morgan fingerprint density at radius 1 is 1.16 bits per heavy atom. The number of hydrogen-bond acceptors (Lipinski definition) is 3. The third kappa shape index (κ3) is 7.50. The van der Waals surface area contributed by atoms with Crippen molar-refractivity contribution in [1.82, 2.24) is 20.1 Å². The minimum absolute atomic E-state index is 0. The minimum Gasteiger partial charge on any atom is -0.356 e. The predicted octanol–water partition coefficient (Wildman–Crippen LogP) is 2.90. The minimum atomic E-state index is 0. The zero-order valence-electron chi connectivity index (χ0n) is 18.9. The average molecular weight is 543 g/mol. The van der Waals surface area contributed by atoms with Crippen molar-refractivity contribution < 1.29 is 4.79 Å². The van der Waals surface area contributed by atoms with Crippen LogP contribution in [0.3, 0.4) is 0 Å². The third-order valence-corrected chi connectivity index (χ3v) is 6.39. The van der Waals surface area contributed by atoms with Crippen molar-refractivity contribution in [3.63, 3.8) is 0 Å². The fraction of sp³-hybridized carbons (Fsp3) is 0.696. The van der Waals surface area contributed by atoms with E-state index in [9.17, 15) is 9.59 Å². The average Bonchev–Trinajstić information content (AvgIpc) is 3.23. The second kappa shape index (κ2) is 13.1. The lowest BCUT2D eigenvalue weighted by atomic mass is 9.88. The molecule has 1 saturated heterocycles. The summed E-state index contributed by atoms with van der Waals surface area (Å²) < 4.78 is 1.82. The van der Waals surface area contributed by atoms with E-state index >= 15 is 0 Å². The van der Waals surface area contributed by atoms with Crippen molar-refractivity contribution in [3.05, 3.63) is 34.2 Å². The number of nitrogens with one attached hydrogen (secondary N) is 2. The molecule has 0 bridgehead atoms. The smallest absolute Gasteiger partial charge is 0.250 e. The molecule has 0 spiro atoms. The van der Waals surface area contributed by atoms with Gasteiger partial charge in [0.2, 0.25) is 5.91 Å². The van der Waals surface area contributed by atoms with Crippen LogP contribution in [0, 0.1) is 12.8 Å². The normalized spacial score (nSPS) is 19.7. The summed E-state index contributed by atoms with van der Waals surface area (Å²) in [5.74, 6) is 1.39. The number of carbonyl (C=O) groups excluding carboxylic acids is 1. The van der Waals surface area contributed by atoms with E-state index < -0.39 is 0 Å². The van der Waals surface area contributed by atoms with Gasteiger partial charge in [0.1, 0.15) is 0 Å². The Labute approximate surface area is 203 Å². The summed E-state index contributed by atoms with van der Waals surface area (Å²) in [5, 5.41) is 6.84. The largest absolute Gasteiger partial charge is 0.356 e. The van der Waals surface area contributed by atoms with Gasteiger partial charge in [0.25, 0.3) is 5.56 Å². The first-order valence-corrected chi connectivity index (χ1v) is 11.5. The first-order chi connectivity index (χ1) is 14.6. The molecule has 0 aromatic carbocycles. The summed E-state index contributed by atoms with van der Waals surface area (Å²) in [6, 6.07) is 5.64. The number of unbranched alkanes of at least 4 members (excludes halogenated alkanes) is 1. The standard InChI is InChI=1S/C23H37N5O2.HI/c1-18-9-8-12-21(29)28(18)15-7-6-14-25-23(24-2)26-20-13-16-27(17-20)22(30)19-10-4-3-5-11-19;/h8-9,12,19-20H,3-7,10-11,13-17H2,1-2H3,(H2,24,25,26);1H. The molecule has 2 aliphatic rings. The van der Waals surface area contributed by atoms with Crippen molar-refractivity contribution in [3.8, 4) is 0 Å². The summed E-state index contributed by atoms with van der Waals surface area (Å²) in [4.78, 5) is 31.0. The number of aromatic nitrogens is 1. The maximum atomic E-state index is 12.7. The van der Waals surface area contributed by atoms with Gasteiger partial charge in [-0.1, -0.05) is 25.3 Å². The van der Waals surface area contributed by atoms with Crippen LogP contribution >= 0.6 is 24.0 Å². The molecule has 1 saturated carbocycles. The van der Waals surface area contributed by atoms with Crippen LogP contribution in [0.1, 0.15) is 57.1 Å². The van der Waals surface area contributed by atoms with Crippen LogP contribution < -0.4 is 16.2 Å². The molecule has 0 radical (unpaired) electrons. The van der Waals surface area contributed by atoms with Crippen molar-refractivity contribution in [2.24, 2.45) is 10.9 Å². The molecule has 7 nitrogen and oxygen atoms in total. The molecule has 174 valence electrons. The quantitative estimate of drug-likeness (QED) is 0.240. The number of amides is 1. The maximum absolute atomic E-state index is 12.7. The highest BCUT2D eigenvalue weighted by atomic mass is 127. The molecule has 1 amide bonds. The molecule has 1 aromatic heterocycles. The number of nitrogens with zero attached hydrogens (tertiary/aromatic N) is 3. The van der Waals surface area contributed by atoms with Gasteiger partial charge in [-0.3, -0.25) is 14.6 Å². The van der Waals surface area contributed by atoms with Crippen molar-refractivity contribution in [2.75, 3.05) is 26.7 Å².